The molecule has 0 amide bonds. The van der Waals surface area contributed by atoms with Gasteiger partial charge in [-0.1, -0.05) is 23.9 Å². The van der Waals surface area contributed by atoms with Crippen LogP contribution >= 0.6 is 11.8 Å². The standard InChI is InChI=1S/C14H15N5O2S2/c1-19(2)23(20,21)11-5-3-4-10(6-11)7-22-14-12-13(16-8-15-12)17-9-18-14/h3-6,8-9H,7H2,1-2H3,(H,15,16,17,18). The minimum atomic E-state index is -3.43. The fourth-order valence-corrected chi connectivity index (χ4v) is 3.88. The van der Waals surface area contributed by atoms with E-state index in [4.69, 9.17) is 0 Å². The molecule has 0 saturated carbocycles. The zero-order valence-electron chi connectivity index (χ0n) is 12.6. The summed E-state index contributed by atoms with van der Waals surface area (Å²) in [6.07, 6.45) is 3.05. The van der Waals surface area contributed by atoms with Gasteiger partial charge in [0.25, 0.3) is 0 Å². The van der Waals surface area contributed by atoms with E-state index in [9.17, 15) is 8.42 Å². The summed E-state index contributed by atoms with van der Waals surface area (Å²) in [6, 6.07) is 6.93. The lowest BCUT2D eigenvalue weighted by Crippen LogP contribution is -2.22. The highest BCUT2D eigenvalue weighted by Gasteiger charge is 2.17. The van der Waals surface area contributed by atoms with Crippen molar-refractivity contribution < 1.29 is 8.42 Å². The first-order valence-corrected chi connectivity index (χ1v) is 9.19. The van der Waals surface area contributed by atoms with E-state index in [0.717, 1.165) is 16.1 Å². The van der Waals surface area contributed by atoms with Crippen LogP contribution in [0, 0.1) is 0 Å². The number of aromatic nitrogens is 4. The third kappa shape index (κ3) is 3.21. The molecule has 7 nitrogen and oxygen atoms in total. The number of thioether (sulfide) groups is 1. The van der Waals surface area contributed by atoms with Crippen LogP contribution in [-0.2, 0) is 15.8 Å². The smallest absolute Gasteiger partial charge is 0.242 e. The van der Waals surface area contributed by atoms with Crippen LogP contribution in [0.25, 0.3) is 11.2 Å². The molecule has 0 aliphatic heterocycles. The van der Waals surface area contributed by atoms with Crippen LogP contribution in [0.4, 0.5) is 0 Å². The van der Waals surface area contributed by atoms with E-state index in [0.29, 0.717) is 11.4 Å². The molecule has 3 rings (SSSR count). The lowest BCUT2D eigenvalue weighted by Gasteiger charge is -2.12. The molecule has 3 aromatic rings. The Morgan fingerprint density at radius 1 is 1.22 bits per heavy atom. The fourth-order valence-electron chi connectivity index (χ4n) is 2.01. The molecule has 2 aromatic heterocycles. The summed E-state index contributed by atoms with van der Waals surface area (Å²) in [6.45, 7) is 0. The van der Waals surface area contributed by atoms with Crippen molar-refractivity contribution in [2.75, 3.05) is 14.1 Å². The number of fused-ring (bicyclic) bond motifs is 1. The van der Waals surface area contributed by atoms with Gasteiger partial charge < -0.3 is 4.98 Å². The Morgan fingerprint density at radius 2 is 2.04 bits per heavy atom. The van der Waals surface area contributed by atoms with E-state index in [1.54, 1.807) is 24.5 Å². The maximum atomic E-state index is 12.2. The third-order valence-electron chi connectivity index (χ3n) is 3.24. The van der Waals surface area contributed by atoms with Gasteiger partial charge in [-0.15, -0.1) is 0 Å². The summed E-state index contributed by atoms with van der Waals surface area (Å²) in [4.78, 5) is 15.7. The first kappa shape index (κ1) is 15.9. The van der Waals surface area contributed by atoms with Gasteiger partial charge in [-0.2, -0.15) is 0 Å². The Labute approximate surface area is 138 Å². The minimum absolute atomic E-state index is 0.287. The molecular formula is C14H15N5O2S2. The van der Waals surface area contributed by atoms with Crippen molar-refractivity contribution in [2.45, 2.75) is 15.7 Å². The highest BCUT2D eigenvalue weighted by atomic mass is 32.2. The van der Waals surface area contributed by atoms with E-state index >= 15 is 0 Å². The van der Waals surface area contributed by atoms with Crippen LogP contribution in [0.1, 0.15) is 5.56 Å². The van der Waals surface area contributed by atoms with Crippen molar-refractivity contribution in [2.24, 2.45) is 0 Å². The molecule has 23 heavy (non-hydrogen) atoms. The first-order valence-electron chi connectivity index (χ1n) is 6.77. The van der Waals surface area contributed by atoms with Gasteiger partial charge in [-0.3, -0.25) is 0 Å². The van der Waals surface area contributed by atoms with Crippen molar-refractivity contribution in [1.29, 1.82) is 0 Å². The Kier molecular flexibility index (Phi) is 4.33. The number of rotatable bonds is 5. The zero-order valence-corrected chi connectivity index (χ0v) is 14.2. The average molecular weight is 349 g/mol. The monoisotopic (exact) mass is 349 g/mol. The highest BCUT2D eigenvalue weighted by molar-refractivity contribution is 7.98. The predicted octanol–water partition coefficient (Wildman–Crippen LogP) is 1.90. The van der Waals surface area contributed by atoms with Crippen molar-refractivity contribution in [1.82, 2.24) is 24.2 Å². The number of benzene rings is 1. The summed E-state index contributed by atoms with van der Waals surface area (Å²) < 4.78 is 25.6. The second-order valence-electron chi connectivity index (χ2n) is 5.00. The minimum Gasteiger partial charge on any atom is -0.341 e. The van der Waals surface area contributed by atoms with Gasteiger partial charge >= 0.3 is 0 Å². The van der Waals surface area contributed by atoms with E-state index in [1.807, 2.05) is 6.07 Å². The molecule has 0 radical (unpaired) electrons. The number of hydrogen-bond acceptors (Lipinski definition) is 6. The summed E-state index contributed by atoms with van der Waals surface area (Å²) >= 11 is 1.50. The molecule has 0 atom stereocenters. The molecule has 0 bridgehead atoms. The Bertz CT molecular complexity index is 937. The summed E-state index contributed by atoms with van der Waals surface area (Å²) in [7, 11) is -0.385. The fraction of sp³-hybridized carbons (Fsp3) is 0.214. The summed E-state index contributed by atoms with van der Waals surface area (Å²) in [5, 5.41) is 0.786. The average Bonchev–Trinajstić information content (AvgIpc) is 3.02. The molecule has 0 unspecified atom stereocenters. The van der Waals surface area contributed by atoms with Crippen LogP contribution in [-0.4, -0.2) is 46.8 Å². The van der Waals surface area contributed by atoms with Gasteiger partial charge in [0, 0.05) is 19.8 Å². The van der Waals surface area contributed by atoms with Crippen molar-refractivity contribution in [3.8, 4) is 0 Å². The van der Waals surface area contributed by atoms with Gasteiger partial charge in [-0.25, -0.2) is 27.7 Å². The number of H-pyrrole nitrogens is 1. The van der Waals surface area contributed by atoms with Gasteiger partial charge in [0.15, 0.2) is 5.65 Å². The van der Waals surface area contributed by atoms with Crippen LogP contribution in [0.15, 0.2) is 46.8 Å². The predicted molar refractivity (Wildman–Crippen MR) is 88.6 cm³/mol. The number of hydrogen-bond donors (Lipinski definition) is 1. The van der Waals surface area contributed by atoms with Crippen molar-refractivity contribution in [3.05, 3.63) is 42.5 Å². The SMILES string of the molecule is CN(C)S(=O)(=O)c1cccc(CSc2ncnc3nc[nH]c23)c1. The van der Waals surface area contributed by atoms with Crippen molar-refractivity contribution >= 4 is 32.9 Å². The first-order chi connectivity index (χ1) is 11.0. The number of aromatic amines is 1. The number of nitrogens with one attached hydrogen (secondary N) is 1. The Balaban J connectivity index is 1.83. The van der Waals surface area contributed by atoms with Crippen molar-refractivity contribution in [3.63, 3.8) is 0 Å². The van der Waals surface area contributed by atoms with Gasteiger partial charge in [0.2, 0.25) is 10.0 Å². The summed E-state index contributed by atoms with van der Waals surface area (Å²) in [5.41, 5.74) is 2.31. The molecule has 0 fully saturated rings. The quantitative estimate of drug-likeness (QED) is 0.559. The second kappa shape index (κ2) is 6.26. The molecule has 0 aliphatic rings. The highest BCUT2D eigenvalue weighted by Crippen LogP contribution is 2.26. The number of nitrogens with zero attached hydrogens (tertiary/aromatic N) is 4. The van der Waals surface area contributed by atoms with Crippen LogP contribution in [0.5, 0.6) is 0 Å². The Hall–Kier alpha value is -1.97. The Morgan fingerprint density at radius 3 is 2.83 bits per heavy atom. The molecule has 9 heteroatoms. The largest absolute Gasteiger partial charge is 0.341 e. The number of imidazole rings is 1. The molecule has 0 saturated heterocycles. The molecule has 0 aliphatic carbocycles. The lowest BCUT2D eigenvalue weighted by molar-refractivity contribution is 0.520. The lowest BCUT2D eigenvalue weighted by atomic mass is 10.2. The molecular weight excluding hydrogens is 334 g/mol. The maximum absolute atomic E-state index is 12.2. The van der Waals surface area contributed by atoms with Crippen LogP contribution in [0.2, 0.25) is 0 Å². The summed E-state index contributed by atoms with van der Waals surface area (Å²) in [5.74, 6) is 0.599. The van der Waals surface area contributed by atoms with Crippen LogP contribution in [0.3, 0.4) is 0 Å². The maximum Gasteiger partial charge on any atom is 0.242 e. The van der Waals surface area contributed by atoms with E-state index in [2.05, 4.69) is 19.9 Å². The van der Waals surface area contributed by atoms with Gasteiger partial charge in [0.05, 0.1) is 11.2 Å². The molecule has 1 N–H and O–H groups in total. The zero-order chi connectivity index (χ0) is 16.4. The molecule has 120 valence electrons. The number of sulfonamides is 1. The molecule has 1 aromatic carbocycles. The molecule has 2 heterocycles. The van der Waals surface area contributed by atoms with Gasteiger partial charge in [-0.05, 0) is 17.7 Å². The second-order valence-corrected chi connectivity index (χ2v) is 8.12. The third-order valence-corrected chi connectivity index (χ3v) is 6.11. The molecule has 0 spiro atoms. The normalized spacial score (nSPS) is 12.1. The topological polar surface area (TPSA) is 91.8 Å². The van der Waals surface area contributed by atoms with E-state index in [1.165, 1.54) is 36.5 Å². The van der Waals surface area contributed by atoms with E-state index in [-0.39, 0.29) is 4.90 Å². The van der Waals surface area contributed by atoms with Crippen LogP contribution < -0.4 is 0 Å². The van der Waals surface area contributed by atoms with Gasteiger partial charge in [0.1, 0.15) is 16.9 Å². The van der Waals surface area contributed by atoms with E-state index < -0.39 is 10.0 Å².